The average Bonchev–Trinajstić information content (AvgIpc) is 2.80. The molecule has 24 heavy (non-hydrogen) atoms. The van der Waals surface area contributed by atoms with Crippen LogP contribution in [0.2, 0.25) is 0 Å². The summed E-state index contributed by atoms with van der Waals surface area (Å²) in [6.45, 7) is 0.201. The zero-order valence-electron chi connectivity index (χ0n) is 13.5. The molecule has 1 aromatic rings. The Hall–Kier alpha value is -0.770. The number of nitrogens with zero attached hydrogens (tertiary/aromatic N) is 2. The van der Waals surface area contributed by atoms with E-state index in [0.717, 1.165) is 29.9 Å². The van der Waals surface area contributed by atoms with E-state index in [0.29, 0.717) is 12.6 Å². The first-order valence-electron chi connectivity index (χ1n) is 8.01. The minimum atomic E-state index is -3.70. The maximum Gasteiger partial charge on any atom is 0.257 e. The second-order valence-electron chi connectivity index (χ2n) is 5.83. The molecule has 1 aliphatic carbocycles. The fraction of sp³-hybridized carbons (Fsp3) is 0.786. The lowest BCUT2D eigenvalue weighted by molar-refractivity contribution is 0.121. The normalized spacial score (nSPS) is 16.8. The van der Waals surface area contributed by atoms with E-state index in [1.807, 2.05) is 0 Å². The molecule has 1 aromatic heterocycles. The number of nitrogens with one attached hydrogen (secondary N) is 2. The Bertz CT molecular complexity index is 575. The average molecular weight is 387 g/mol. The van der Waals surface area contributed by atoms with Crippen molar-refractivity contribution in [1.29, 1.82) is 0 Å². The maximum absolute atomic E-state index is 12.2. The highest BCUT2D eigenvalue weighted by Gasteiger charge is 2.17. The summed E-state index contributed by atoms with van der Waals surface area (Å²) in [5.74, 6) is 0. The van der Waals surface area contributed by atoms with Gasteiger partial charge in [-0.1, -0.05) is 25.7 Å². The van der Waals surface area contributed by atoms with Crippen molar-refractivity contribution in [2.24, 2.45) is 0 Å². The molecule has 1 saturated carbocycles. The van der Waals surface area contributed by atoms with Crippen LogP contribution >= 0.6 is 12.4 Å². The van der Waals surface area contributed by atoms with Crippen LogP contribution < -0.4 is 10.0 Å². The van der Waals surface area contributed by atoms with E-state index in [1.165, 1.54) is 25.7 Å². The van der Waals surface area contributed by atoms with Crippen molar-refractivity contribution in [3.63, 3.8) is 0 Å². The molecule has 10 heteroatoms. The molecule has 6 nitrogen and oxygen atoms in total. The van der Waals surface area contributed by atoms with Crippen LogP contribution in [0.1, 0.15) is 38.5 Å². The first-order chi connectivity index (χ1) is 11.0. The van der Waals surface area contributed by atoms with Gasteiger partial charge in [-0.3, -0.25) is 4.68 Å². The van der Waals surface area contributed by atoms with Gasteiger partial charge in [-0.2, -0.15) is 5.10 Å². The van der Waals surface area contributed by atoms with Crippen LogP contribution in [0.15, 0.2) is 17.3 Å². The lowest BCUT2D eigenvalue weighted by Crippen LogP contribution is -2.36. The molecule has 0 atom stereocenters. The molecule has 0 aromatic carbocycles. The van der Waals surface area contributed by atoms with E-state index in [-0.39, 0.29) is 23.8 Å². The number of halogens is 3. The van der Waals surface area contributed by atoms with Gasteiger partial charge < -0.3 is 5.32 Å². The van der Waals surface area contributed by atoms with E-state index in [1.54, 1.807) is 0 Å². The van der Waals surface area contributed by atoms with Crippen LogP contribution in [0.5, 0.6) is 0 Å². The number of sulfonamides is 1. The fourth-order valence-corrected chi connectivity index (χ4v) is 3.74. The molecular formula is C14H25ClF2N4O2S. The molecule has 1 aliphatic rings. The Balaban J connectivity index is 0.00000288. The third-order valence-electron chi connectivity index (χ3n) is 3.95. The van der Waals surface area contributed by atoms with Crippen LogP contribution in [-0.4, -0.2) is 43.8 Å². The summed E-state index contributed by atoms with van der Waals surface area (Å²) in [4.78, 5) is -0.0902. The number of rotatable bonds is 8. The van der Waals surface area contributed by atoms with Crippen molar-refractivity contribution in [2.75, 3.05) is 13.1 Å². The van der Waals surface area contributed by atoms with Crippen LogP contribution in [-0.2, 0) is 16.6 Å². The van der Waals surface area contributed by atoms with Crippen LogP contribution in [0.3, 0.4) is 0 Å². The standard InChI is InChI=1S/C14H24F2N4O2S.ClH/c15-14(16)11-20-10-13(9-18-20)23(21,22)19-8-7-17-12-5-3-1-2-4-6-12;/h9-10,12,14,17,19H,1-8,11H2;1H. The molecule has 0 aliphatic heterocycles. The van der Waals surface area contributed by atoms with Crippen molar-refractivity contribution < 1.29 is 17.2 Å². The van der Waals surface area contributed by atoms with Gasteiger partial charge in [0.25, 0.3) is 6.43 Å². The quantitative estimate of drug-likeness (QED) is 0.530. The van der Waals surface area contributed by atoms with Gasteiger partial charge in [-0.15, -0.1) is 12.4 Å². The summed E-state index contributed by atoms with van der Waals surface area (Å²) in [5.41, 5.74) is 0. The SMILES string of the molecule is Cl.O=S(=O)(NCCNC1CCCCCC1)c1cnn(CC(F)F)c1. The van der Waals surface area contributed by atoms with E-state index in [2.05, 4.69) is 15.1 Å². The Kier molecular flexibility index (Phi) is 9.11. The molecule has 2 N–H and O–H groups in total. The molecule has 2 rings (SSSR count). The van der Waals surface area contributed by atoms with E-state index >= 15 is 0 Å². The van der Waals surface area contributed by atoms with Crippen LogP contribution in [0.25, 0.3) is 0 Å². The van der Waals surface area contributed by atoms with E-state index in [9.17, 15) is 17.2 Å². The summed E-state index contributed by atoms with van der Waals surface area (Å²) in [7, 11) is -3.70. The molecule has 0 radical (unpaired) electrons. The van der Waals surface area contributed by atoms with Crippen LogP contribution in [0, 0.1) is 0 Å². The number of hydrogen-bond donors (Lipinski definition) is 2. The highest BCUT2D eigenvalue weighted by Crippen LogP contribution is 2.16. The van der Waals surface area contributed by atoms with Crippen molar-refractivity contribution in [3.8, 4) is 0 Å². The minimum Gasteiger partial charge on any atom is -0.313 e. The zero-order chi connectivity index (χ0) is 16.7. The van der Waals surface area contributed by atoms with Gasteiger partial charge >= 0.3 is 0 Å². The molecule has 1 heterocycles. The third kappa shape index (κ3) is 7.00. The molecular weight excluding hydrogens is 362 g/mol. The van der Waals surface area contributed by atoms with Gasteiger partial charge in [0.1, 0.15) is 11.4 Å². The van der Waals surface area contributed by atoms with Gasteiger partial charge in [-0.05, 0) is 12.8 Å². The van der Waals surface area contributed by atoms with Crippen molar-refractivity contribution >= 4 is 22.4 Å². The Morgan fingerprint density at radius 2 is 1.88 bits per heavy atom. The van der Waals surface area contributed by atoms with Gasteiger partial charge in [0.05, 0.1) is 6.20 Å². The first-order valence-corrected chi connectivity index (χ1v) is 9.49. The lowest BCUT2D eigenvalue weighted by atomic mass is 10.1. The van der Waals surface area contributed by atoms with Crippen molar-refractivity contribution in [2.45, 2.75) is 62.4 Å². The monoisotopic (exact) mass is 386 g/mol. The van der Waals surface area contributed by atoms with Crippen molar-refractivity contribution in [3.05, 3.63) is 12.4 Å². The maximum atomic E-state index is 12.2. The molecule has 0 spiro atoms. The van der Waals surface area contributed by atoms with Gasteiger partial charge in [-0.25, -0.2) is 21.9 Å². The molecule has 0 amide bonds. The van der Waals surface area contributed by atoms with Gasteiger partial charge in [0.2, 0.25) is 10.0 Å². The molecule has 0 bridgehead atoms. The summed E-state index contributed by atoms with van der Waals surface area (Å²) in [5, 5.41) is 7.01. The highest BCUT2D eigenvalue weighted by molar-refractivity contribution is 7.89. The number of hydrogen-bond acceptors (Lipinski definition) is 4. The Labute approximate surface area is 147 Å². The van der Waals surface area contributed by atoms with Crippen LogP contribution in [0.4, 0.5) is 8.78 Å². The first kappa shape index (κ1) is 21.3. The third-order valence-corrected chi connectivity index (χ3v) is 5.37. The van der Waals surface area contributed by atoms with Gasteiger partial charge in [0, 0.05) is 25.3 Å². The Morgan fingerprint density at radius 1 is 1.21 bits per heavy atom. The van der Waals surface area contributed by atoms with E-state index < -0.39 is 23.0 Å². The molecule has 0 unspecified atom stereocenters. The molecule has 140 valence electrons. The highest BCUT2D eigenvalue weighted by atomic mass is 35.5. The number of alkyl halides is 2. The molecule has 0 saturated heterocycles. The second-order valence-corrected chi connectivity index (χ2v) is 7.60. The predicted molar refractivity (Wildman–Crippen MR) is 90.2 cm³/mol. The summed E-state index contributed by atoms with van der Waals surface area (Å²) in [6.07, 6.45) is 6.87. The summed E-state index contributed by atoms with van der Waals surface area (Å²) >= 11 is 0. The van der Waals surface area contributed by atoms with E-state index in [4.69, 9.17) is 0 Å². The summed E-state index contributed by atoms with van der Waals surface area (Å²) < 4.78 is 52.0. The minimum absolute atomic E-state index is 0. The van der Waals surface area contributed by atoms with Gasteiger partial charge in [0.15, 0.2) is 0 Å². The number of aromatic nitrogens is 2. The second kappa shape index (κ2) is 10.3. The predicted octanol–water partition coefficient (Wildman–Crippen LogP) is 2.16. The molecule has 1 fully saturated rings. The van der Waals surface area contributed by atoms with Crippen molar-refractivity contribution in [1.82, 2.24) is 19.8 Å². The zero-order valence-corrected chi connectivity index (χ0v) is 15.1. The fourth-order valence-electron chi connectivity index (χ4n) is 2.75. The Morgan fingerprint density at radius 3 is 2.50 bits per heavy atom. The smallest absolute Gasteiger partial charge is 0.257 e. The largest absolute Gasteiger partial charge is 0.313 e. The summed E-state index contributed by atoms with van der Waals surface area (Å²) in [6, 6.07) is 0.454. The lowest BCUT2D eigenvalue weighted by Gasteiger charge is -2.16. The topological polar surface area (TPSA) is 76.0 Å².